The Morgan fingerprint density at radius 2 is 2.00 bits per heavy atom. The Morgan fingerprint density at radius 3 is 2.75 bits per heavy atom. The summed E-state index contributed by atoms with van der Waals surface area (Å²) in [7, 11) is 0. The molecule has 0 amide bonds. The normalized spacial score (nSPS) is 10.6. The SMILES string of the molecule is CCN(CCBr)c1ccc2ccccc2n1. The monoisotopic (exact) mass is 278 g/mol. The molecule has 1 aromatic heterocycles. The Kier molecular flexibility index (Phi) is 3.78. The van der Waals surface area contributed by atoms with Gasteiger partial charge in [0, 0.05) is 23.8 Å². The summed E-state index contributed by atoms with van der Waals surface area (Å²) < 4.78 is 0. The van der Waals surface area contributed by atoms with Crippen LogP contribution in [0.15, 0.2) is 36.4 Å². The predicted molar refractivity (Wildman–Crippen MR) is 73.4 cm³/mol. The van der Waals surface area contributed by atoms with Crippen molar-refractivity contribution >= 4 is 32.7 Å². The van der Waals surface area contributed by atoms with E-state index in [0.717, 1.165) is 29.8 Å². The third kappa shape index (κ3) is 2.35. The predicted octanol–water partition coefficient (Wildman–Crippen LogP) is 3.46. The lowest BCUT2D eigenvalue weighted by molar-refractivity contribution is 0.858. The molecular weight excluding hydrogens is 264 g/mol. The van der Waals surface area contributed by atoms with E-state index in [1.54, 1.807) is 0 Å². The fourth-order valence-electron chi connectivity index (χ4n) is 1.77. The molecule has 2 aromatic rings. The van der Waals surface area contributed by atoms with Crippen molar-refractivity contribution in [2.45, 2.75) is 6.92 Å². The maximum absolute atomic E-state index is 4.67. The summed E-state index contributed by atoms with van der Waals surface area (Å²) in [6, 6.07) is 12.4. The third-order valence-electron chi connectivity index (χ3n) is 2.64. The first kappa shape index (κ1) is 11.4. The van der Waals surface area contributed by atoms with Gasteiger partial charge in [-0.3, -0.25) is 0 Å². The fraction of sp³-hybridized carbons (Fsp3) is 0.308. The van der Waals surface area contributed by atoms with E-state index in [1.165, 1.54) is 5.39 Å². The second-order valence-electron chi connectivity index (χ2n) is 3.63. The maximum atomic E-state index is 4.67. The van der Waals surface area contributed by atoms with Crippen molar-refractivity contribution in [1.82, 2.24) is 4.98 Å². The molecule has 84 valence electrons. The van der Waals surface area contributed by atoms with E-state index in [2.05, 4.69) is 57.0 Å². The van der Waals surface area contributed by atoms with Crippen molar-refractivity contribution in [1.29, 1.82) is 0 Å². The van der Waals surface area contributed by atoms with Crippen LogP contribution in [0.4, 0.5) is 5.82 Å². The van der Waals surface area contributed by atoms with Crippen LogP contribution in [0.3, 0.4) is 0 Å². The zero-order valence-corrected chi connectivity index (χ0v) is 10.9. The second kappa shape index (κ2) is 5.30. The molecule has 0 fully saturated rings. The van der Waals surface area contributed by atoms with Crippen LogP contribution in [0.1, 0.15) is 6.92 Å². The summed E-state index contributed by atoms with van der Waals surface area (Å²) in [6.45, 7) is 4.12. The number of nitrogens with zero attached hydrogens (tertiary/aromatic N) is 2. The molecule has 0 spiro atoms. The van der Waals surface area contributed by atoms with Gasteiger partial charge in [0.25, 0.3) is 0 Å². The van der Waals surface area contributed by atoms with Crippen LogP contribution in [0, 0.1) is 0 Å². The van der Waals surface area contributed by atoms with Gasteiger partial charge < -0.3 is 4.90 Å². The minimum absolute atomic E-state index is 0.968. The zero-order valence-electron chi connectivity index (χ0n) is 9.36. The lowest BCUT2D eigenvalue weighted by Crippen LogP contribution is -2.25. The molecule has 0 saturated carbocycles. The van der Waals surface area contributed by atoms with Gasteiger partial charge >= 0.3 is 0 Å². The largest absolute Gasteiger partial charge is 0.356 e. The average molecular weight is 279 g/mol. The van der Waals surface area contributed by atoms with E-state index in [-0.39, 0.29) is 0 Å². The van der Waals surface area contributed by atoms with Gasteiger partial charge in [-0.05, 0) is 25.1 Å². The number of hydrogen-bond acceptors (Lipinski definition) is 2. The van der Waals surface area contributed by atoms with Gasteiger partial charge in [0.15, 0.2) is 0 Å². The van der Waals surface area contributed by atoms with Crippen LogP contribution in [-0.2, 0) is 0 Å². The number of hydrogen-bond donors (Lipinski definition) is 0. The molecule has 0 unspecified atom stereocenters. The summed E-state index contributed by atoms with van der Waals surface area (Å²) in [4.78, 5) is 6.94. The van der Waals surface area contributed by atoms with E-state index in [4.69, 9.17) is 0 Å². The van der Waals surface area contributed by atoms with E-state index in [1.807, 2.05) is 12.1 Å². The number of halogens is 1. The number of aromatic nitrogens is 1. The van der Waals surface area contributed by atoms with Crippen molar-refractivity contribution in [3.63, 3.8) is 0 Å². The summed E-state index contributed by atoms with van der Waals surface area (Å²) in [5.41, 5.74) is 1.06. The molecule has 0 saturated heterocycles. The summed E-state index contributed by atoms with van der Waals surface area (Å²) in [5.74, 6) is 1.06. The molecule has 1 aromatic carbocycles. The van der Waals surface area contributed by atoms with Crippen LogP contribution in [0.25, 0.3) is 10.9 Å². The molecule has 16 heavy (non-hydrogen) atoms. The Balaban J connectivity index is 2.37. The first-order valence-corrected chi connectivity index (χ1v) is 6.64. The van der Waals surface area contributed by atoms with Crippen LogP contribution in [-0.4, -0.2) is 23.4 Å². The van der Waals surface area contributed by atoms with Gasteiger partial charge in [-0.2, -0.15) is 0 Å². The molecule has 2 rings (SSSR count). The molecule has 0 N–H and O–H groups in total. The highest BCUT2D eigenvalue weighted by Gasteiger charge is 2.05. The standard InChI is InChI=1S/C13H15BrN2/c1-2-16(10-9-14)13-8-7-11-5-3-4-6-12(11)15-13/h3-8H,2,9-10H2,1H3. The molecule has 2 nitrogen and oxygen atoms in total. The zero-order chi connectivity index (χ0) is 11.4. The smallest absolute Gasteiger partial charge is 0.129 e. The van der Waals surface area contributed by atoms with Crippen molar-refractivity contribution in [3.05, 3.63) is 36.4 Å². The average Bonchev–Trinajstić information content (AvgIpc) is 2.35. The highest BCUT2D eigenvalue weighted by atomic mass is 79.9. The van der Waals surface area contributed by atoms with Gasteiger partial charge in [0.1, 0.15) is 5.82 Å². The molecule has 0 aliphatic heterocycles. The Morgan fingerprint density at radius 1 is 1.19 bits per heavy atom. The summed E-state index contributed by atoms with van der Waals surface area (Å²) in [5, 5.41) is 2.16. The summed E-state index contributed by atoms with van der Waals surface area (Å²) >= 11 is 3.47. The van der Waals surface area contributed by atoms with E-state index >= 15 is 0 Å². The van der Waals surface area contributed by atoms with Crippen molar-refractivity contribution in [2.75, 3.05) is 23.3 Å². The highest BCUT2D eigenvalue weighted by Crippen LogP contribution is 2.17. The lowest BCUT2D eigenvalue weighted by Gasteiger charge is -2.20. The summed E-state index contributed by atoms with van der Waals surface area (Å²) in [6.07, 6.45) is 0. The fourth-order valence-corrected chi connectivity index (χ4v) is 2.20. The molecule has 0 bridgehead atoms. The molecule has 0 radical (unpaired) electrons. The van der Waals surface area contributed by atoms with Gasteiger partial charge in [-0.25, -0.2) is 4.98 Å². The van der Waals surface area contributed by atoms with E-state index < -0.39 is 0 Å². The number of alkyl halides is 1. The van der Waals surface area contributed by atoms with Crippen molar-refractivity contribution in [2.24, 2.45) is 0 Å². The molecule has 0 aliphatic carbocycles. The quantitative estimate of drug-likeness (QED) is 0.797. The second-order valence-corrected chi connectivity index (χ2v) is 4.42. The number of rotatable bonds is 4. The first-order valence-electron chi connectivity index (χ1n) is 5.52. The van der Waals surface area contributed by atoms with Crippen LogP contribution >= 0.6 is 15.9 Å². The molecular formula is C13H15BrN2. The molecule has 0 aliphatic rings. The number of para-hydroxylation sites is 1. The van der Waals surface area contributed by atoms with Gasteiger partial charge in [-0.15, -0.1) is 0 Å². The minimum atomic E-state index is 0.968. The van der Waals surface area contributed by atoms with Gasteiger partial charge in [0.05, 0.1) is 5.52 Å². The Hall–Kier alpha value is -1.09. The Bertz CT molecular complexity index is 470. The molecule has 1 heterocycles. The third-order valence-corrected chi connectivity index (χ3v) is 3.00. The maximum Gasteiger partial charge on any atom is 0.129 e. The number of benzene rings is 1. The minimum Gasteiger partial charge on any atom is -0.356 e. The van der Waals surface area contributed by atoms with Gasteiger partial charge in [-0.1, -0.05) is 34.1 Å². The number of fused-ring (bicyclic) bond motifs is 1. The van der Waals surface area contributed by atoms with Crippen molar-refractivity contribution < 1.29 is 0 Å². The molecule has 0 atom stereocenters. The number of anilines is 1. The first-order chi connectivity index (χ1) is 7.85. The lowest BCUT2D eigenvalue weighted by atomic mass is 10.2. The van der Waals surface area contributed by atoms with Gasteiger partial charge in [0.2, 0.25) is 0 Å². The van der Waals surface area contributed by atoms with E-state index in [9.17, 15) is 0 Å². The van der Waals surface area contributed by atoms with Crippen molar-refractivity contribution in [3.8, 4) is 0 Å². The Labute approximate surface area is 104 Å². The van der Waals surface area contributed by atoms with Crippen LogP contribution in [0.2, 0.25) is 0 Å². The molecule has 3 heteroatoms. The van der Waals surface area contributed by atoms with E-state index in [0.29, 0.717) is 0 Å². The topological polar surface area (TPSA) is 16.1 Å². The van der Waals surface area contributed by atoms with Crippen LogP contribution in [0.5, 0.6) is 0 Å². The van der Waals surface area contributed by atoms with Crippen LogP contribution < -0.4 is 4.90 Å². The highest BCUT2D eigenvalue weighted by molar-refractivity contribution is 9.09. The number of pyridine rings is 1.